The lowest BCUT2D eigenvalue weighted by molar-refractivity contribution is -0.171. The van der Waals surface area contributed by atoms with E-state index in [9.17, 15) is 9.59 Å². The molecular weight excluding hydrogens is 270 g/mol. The Bertz CT molecular complexity index is 544. The predicted molar refractivity (Wildman–Crippen MR) is 75.7 cm³/mol. The zero-order chi connectivity index (χ0) is 15.0. The molecule has 0 N–H and O–H groups in total. The Morgan fingerprint density at radius 3 is 2.52 bits per heavy atom. The van der Waals surface area contributed by atoms with Crippen molar-refractivity contribution in [1.82, 2.24) is 4.90 Å². The number of hydrogen-bond acceptors (Lipinski definition) is 5. The Labute approximate surface area is 123 Å². The van der Waals surface area contributed by atoms with Crippen molar-refractivity contribution < 1.29 is 19.1 Å². The second-order valence-corrected chi connectivity index (χ2v) is 5.72. The third-order valence-electron chi connectivity index (χ3n) is 4.67. The zero-order valence-corrected chi connectivity index (χ0v) is 12.2. The minimum absolute atomic E-state index is 0.116. The summed E-state index contributed by atoms with van der Waals surface area (Å²) in [7, 11) is 3.38. The minimum atomic E-state index is -0.398. The molecule has 0 amide bonds. The normalized spacial score (nSPS) is 31.1. The van der Waals surface area contributed by atoms with Crippen molar-refractivity contribution >= 4 is 11.9 Å². The summed E-state index contributed by atoms with van der Waals surface area (Å²) in [6.07, 6.45) is 1.26. The first-order valence-corrected chi connectivity index (χ1v) is 7.17. The molecular formula is C16H19NO4. The van der Waals surface area contributed by atoms with Crippen LogP contribution in [0, 0.1) is 5.92 Å². The van der Waals surface area contributed by atoms with Gasteiger partial charge in [-0.3, -0.25) is 9.69 Å². The van der Waals surface area contributed by atoms with E-state index in [1.165, 1.54) is 7.11 Å². The highest BCUT2D eigenvalue weighted by molar-refractivity contribution is 5.89. The van der Waals surface area contributed by atoms with Gasteiger partial charge in [0.1, 0.15) is 12.0 Å². The van der Waals surface area contributed by atoms with Crippen LogP contribution in [0.25, 0.3) is 0 Å². The predicted octanol–water partition coefficient (Wildman–Crippen LogP) is 1.48. The van der Waals surface area contributed by atoms with Gasteiger partial charge in [0, 0.05) is 18.5 Å². The molecule has 1 aliphatic carbocycles. The van der Waals surface area contributed by atoms with E-state index >= 15 is 0 Å². The van der Waals surface area contributed by atoms with Crippen LogP contribution in [-0.2, 0) is 14.3 Å². The first-order chi connectivity index (χ1) is 10.1. The van der Waals surface area contributed by atoms with Crippen molar-refractivity contribution in [1.29, 1.82) is 0 Å². The number of carbonyl (C=O) groups excluding carboxylic acids is 2. The first-order valence-electron chi connectivity index (χ1n) is 7.17. The van der Waals surface area contributed by atoms with E-state index in [2.05, 4.69) is 4.90 Å². The number of methoxy groups -OCH3 is 1. The monoisotopic (exact) mass is 289 g/mol. The first kappa shape index (κ1) is 14.1. The van der Waals surface area contributed by atoms with E-state index in [0.717, 1.165) is 6.42 Å². The van der Waals surface area contributed by atoms with Crippen molar-refractivity contribution in [3.63, 3.8) is 0 Å². The van der Waals surface area contributed by atoms with Gasteiger partial charge in [-0.15, -0.1) is 0 Å². The number of esters is 2. The molecule has 4 atom stereocenters. The maximum atomic E-state index is 12.2. The standard InChI is InChI=1S/C16H19NO4/c1-17-11-8-12(17)14(16(19)20-2)13(9-11)21-15(18)10-6-4-3-5-7-10/h3-7,11-14H,8-9H2,1-2H3/t11?,12?,13-,14?/m0/s1. The van der Waals surface area contributed by atoms with E-state index in [1.54, 1.807) is 24.3 Å². The summed E-state index contributed by atoms with van der Waals surface area (Å²) in [4.78, 5) is 26.4. The summed E-state index contributed by atoms with van der Waals surface area (Å²) in [6.45, 7) is 0. The maximum absolute atomic E-state index is 12.2. The number of ether oxygens (including phenoxy) is 2. The Morgan fingerprint density at radius 2 is 1.90 bits per heavy atom. The summed E-state index contributed by atoms with van der Waals surface area (Å²) < 4.78 is 10.5. The molecule has 2 saturated heterocycles. The van der Waals surface area contributed by atoms with E-state index in [1.807, 2.05) is 13.1 Å². The van der Waals surface area contributed by atoms with Gasteiger partial charge in [-0.25, -0.2) is 4.79 Å². The fourth-order valence-electron chi connectivity index (χ4n) is 3.42. The number of piperidine rings is 1. The van der Waals surface area contributed by atoms with Crippen molar-refractivity contribution in [2.45, 2.75) is 31.0 Å². The molecule has 0 aromatic heterocycles. The van der Waals surface area contributed by atoms with Crippen LogP contribution in [0.1, 0.15) is 23.2 Å². The van der Waals surface area contributed by atoms with Crippen LogP contribution in [0.3, 0.4) is 0 Å². The lowest BCUT2D eigenvalue weighted by Crippen LogP contribution is -2.67. The highest BCUT2D eigenvalue weighted by Crippen LogP contribution is 2.42. The fourth-order valence-corrected chi connectivity index (χ4v) is 3.42. The second-order valence-electron chi connectivity index (χ2n) is 5.72. The number of rotatable bonds is 3. The summed E-state index contributed by atoms with van der Waals surface area (Å²) in [5, 5.41) is 0. The fraction of sp³-hybridized carbons (Fsp3) is 0.500. The molecule has 3 aliphatic rings. The number of hydrogen-bond donors (Lipinski definition) is 0. The molecule has 1 aromatic rings. The summed E-state index contributed by atoms with van der Waals surface area (Å²) >= 11 is 0. The van der Waals surface area contributed by atoms with Gasteiger partial charge in [0.05, 0.1) is 12.7 Å². The topological polar surface area (TPSA) is 55.8 Å². The van der Waals surface area contributed by atoms with Gasteiger partial charge in [0.25, 0.3) is 0 Å². The molecule has 2 bridgehead atoms. The Morgan fingerprint density at radius 1 is 1.19 bits per heavy atom. The van der Waals surface area contributed by atoms with Crippen LogP contribution in [0.15, 0.2) is 30.3 Å². The van der Waals surface area contributed by atoms with Crippen LogP contribution in [-0.4, -0.2) is 49.2 Å². The molecule has 4 rings (SSSR count). The Kier molecular flexibility index (Phi) is 3.68. The van der Waals surface area contributed by atoms with Crippen LogP contribution < -0.4 is 0 Å². The molecule has 5 nitrogen and oxygen atoms in total. The third-order valence-corrected chi connectivity index (χ3v) is 4.67. The van der Waals surface area contributed by atoms with Crippen LogP contribution in [0.4, 0.5) is 0 Å². The number of fused-ring (bicyclic) bond motifs is 2. The summed E-state index contributed by atoms with van der Waals surface area (Å²) in [5.74, 6) is -1.06. The molecule has 112 valence electrons. The molecule has 1 saturated carbocycles. The van der Waals surface area contributed by atoms with E-state index in [0.29, 0.717) is 18.0 Å². The molecule has 21 heavy (non-hydrogen) atoms. The molecule has 1 aromatic carbocycles. The van der Waals surface area contributed by atoms with Gasteiger partial charge in [0.2, 0.25) is 0 Å². The van der Waals surface area contributed by atoms with E-state index < -0.39 is 12.0 Å². The lowest BCUT2D eigenvalue weighted by atomic mass is 9.71. The third kappa shape index (κ3) is 2.42. The van der Waals surface area contributed by atoms with E-state index in [4.69, 9.17) is 9.47 Å². The van der Waals surface area contributed by atoms with Gasteiger partial charge in [-0.05, 0) is 25.6 Å². The average Bonchev–Trinajstić information content (AvgIpc) is 2.54. The highest BCUT2D eigenvalue weighted by Gasteiger charge is 2.54. The quantitative estimate of drug-likeness (QED) is 0.789. The maximum Gasteiger partial charge on any atom is 0.338 e. The molecule has 0 radical (unpaired) electrons. The largest absolute Gasteiger partial charge is 0.469 e. The van der Waals surface area contributed by atoms with Crippen LogP contribution in [0.2, 0.25) is 0 Å². The molecule has 0 spiro atoms. The lowest BCUT2D eigenvalue weighted by Gasteiger charge is -2.56. The number of carbonyl (C=O) groups is 2. The second kappa shape index (κ2) is 5.48. The molecule has 5 heteroatoms. The minimum Gasteiger partial charge on any atom is -0.469 e. The average molecular weight is 289 g/mol. The van der Waals surface area contributed by atoms with E-state index in [-0.39, 0.29) is 18.0 Å². The molecule has 3 fully saturated rings. The summed E-state index contributed by atoms with van der Waals surface area (Å²) in [5.41, 5.74) is 0.508. The molecule has 2 aliphatic heterocycles. The number of benzene rings is 1. The van der Waals surface area contributed by atoms with Gasteiger partial charge in [-0.2, -0.15) is 0 Å². The van der Waals surface area contributed by atoms with Crippen molar-refractivity contribution in [3.05, 3.63) is 35.9 Å². The van der Waals surface area contributed by atoms with Crippen LogP contribution in [0.5, 0.6) is 0 Å². The van der Waals surface area contributed by atoms with Crippen molar-refractivity contribution in [3.8, 4) is 0 Å². The highest BCUT2D eigenvalue weighted by atomic mass is 16.6. The molecule has 2 heterocycles. The Hall–Kier alpha value is -1.88. The van der Waals surface area contributed by atoms with Gasteiger partial charge in [0.15, 0.2) is 0 Å². The van der Waals surface area contributed by atoms with Gasteiger partial charge >= 0.3 is 11.9 Å². The van der Waals surface area contributed by atoms with Gasteiger partial charge in [-0.1, -0.05) is 18.2 Å². The van der Waals surface area contributed by atoms with Crippen LogP contribution >= 0.6 is 0 Å². The van der Waals surface area contributed by atoms with Gasteiger partial charge < -0.3 is 9.47 Å². The smallest absolute Gasteiger partial charge is 0.338 e. The SMILES string of the molecule is COC(=O)C1C2CC(C[C@@H]1OC(=O)c1ccccc1)N2C. The zero-order valence-electron chi connectivity index (χ0n) is 12.2. The Balaban J connectivity index is 1.74. The summed E-state index contributed by atoms with van der Waals surface area (Å²) in [6, 6.07) is 9.37. The molecule has 3 unspecified atom stereocenters. The van der Waals surface area contributed by atoms with Crippen molar-refractivity contribution in [2.24, 2.45) is 5.92 Å². The van der Waals surface area contributed by atoms with Crippen molar-refractivity contribution in [2.75, 3.05) is 14.2 Å². The number of nitrogens with zero attached hydrogens (tertiary/aromatic N) is 1.